The lowest BCUT2D eigenvalue weighted by Crippen LogP contribution is -1.92. The highest BCUT2D eigenvalue weighted by molar-refractivity contribution is 9.08. The van der Waals surface area contributed by atoms with Crippen LogP contribution in [0.1, 0.15) is 18.1 Å². The molecule has 3 heteroatoms. The van der Waals surface area contributed by atoms with E-state index in [0.717, 1.165) is 27.8 Å². The Morgan fingerprint density at radius 2 is 2.05 bits per heavy atom. The maximum atomic E-state index is 9.02. The number of hydrogen-bond donors (Lipinski definition) is 0. The summed E-state index contributed by atoms with van der Waals surface area (Å²) in [6.45, 7) is 2.61. The molecule has 96 valence electrons. The van der Waals surface area contributed by atoms with Crippen LogP contribution in [0.2, 0.25) is 0 Å². The number of benzene rings is 2. The molecule has 0 amide bonds. The summed E-state index contributed by atoms with van der Waals surface area (Å²) in [5, 5.41) is 9.78. The van der Waals surface area contributed by atoms with Crippen LogP contribution in [0.4, 0.5) is 0 Å². The number of ether oxygens (including phenoxy) is 1. The molecule has 19 heavy (non-hydrogen) atoms. The van der Waals surface area contributed by atoms with Gasteiger partial charge in [0, 0.05) is 5.33 Å². The molecule has 0 radical (unpaired) electrons. The summed E-state index contributed by atoms with van der Waals surface area (Å²) in [6, 6.07) is 15.9. The molecule has 0 atom stereocenters. The van der Waals surface area contributed by atoms with Gasteiger partial charge in [-0.25, -0.2) is 0 Å². The maximum absolute atomic E-state index is 9.02. The van der Waals surface area contributed by atoms with Crippen LogP contribution in [0.15, 0.2) is 42.5 Å². The van der Waals surface area contributed by atoms with E-state index in [2.05, 4.69) is 22.0 Å². The summed E-state index contributed by atoms with van der Waals surface area (Å²) < 4.78 is 5.52. The van der Waals surface area contributed by atoms with Gasteiger partial charge < -0.3 is 4.74 Å². The molecule has 0 aliphatic carbocycles. The Morgan fingerprint density at radius 3 is 2.74 bits per heavy atom. The highest BCUT2D eigenvalue weighted by Gasteiger charge is 2.07. The van der Waals surface area contributed by atoms with Gasteiger partial charge in [-0.3, -0.25) is 0 Å². The van der Waals surface area contributed by atoms with Crippen LogP contribution in [0.5, 0.6) is 5.75 Å². The van der Waals surface area contributed by atoms with Gasteiger partial charge in [-0.05, 0) is 47.9 Å². The van der Waals surface area contributed by atoms with Crippen molar-refractivity contribution in [2.45, 2.75) is 12.3 Å². The van der Waals surface area contributed by atoms with Crippen molar-refractivity contribution in [3.8, 4) is 22.9 Å². The largest absolute Gasteiger partial charge is 0.494 e. The van der Waals surface area contributed by atoms with Gasteiger partial charge in [-0.15, -0.1) is 0 Å². The number of rotatable bonds is 4. The second-order valence-corrected chi connectivity index (χ2v) is 4.64. The van der Waals surface area contributed by atoms with E-state index in [1.54, 1.807) is 0 Å². The van der Waals surface area contributed by atoms with E-state index in [-0.39, 0.29) is 0 Å². The Labute approximate surface area is 121 Å². The second-order valence-electron chi connectivity index (χ2n) is 4.08. The zero-order chi connectivity index (χ0) is 13.7. The number of halogens is 1. The summed E-state index contributed by atoms with van der Waals surface area (Å²) >= 11 is 3.49. The number of hydrogen-bond acceptors (Lipinski definition) is 2. The molecule has 0 fully saturated rings. The molecule has 0 bridgehead atoms. The molecule has 0 aromatic heterocycles. The quantitative estimate of drug-likeness (QED) is 0.777. The summed E-state index contributed by atoms with van der Waals surface area (Å²) in [4.78, 5) is 0. The minimum absolute atomic E-state index is 0.646. The van der Waals surface area contributed by atoms with Gasteiger partial charge in [0.1, 0.15) is 5.75 Å². The van der Waals surface area contributed by atoms with E-state index < -0.39 is 0 Å². The van der Waals surface area contributed by atoms with Crippen molar-refractivity contribution in [3.05, 3.63) is 53.6 Å². The van der Waals surface area contributed by atoms with Crippen molar-refractivity contribution in [3.63, 3.8) is 0 Å². The minimum Gasteiger partial charge on any atom is -0.494 e. The first-order valence-electron chi connectivity index (χ1n) is 6.10. The Hall–Kier alpha value is -1.79. The van der Waals surface area contributed by atoms with Crippen LogP contribution in [0.3, 0.4) is 0 Å². The van der Waals surface area contributed by atoms with Crippen LogP contribution in [-0.2, 0) is 5.33 Å². The fraction of sp³-hybridized carbons (Fsp3) is 0.188. The first-order chi connectivity index (χ1) is 9.28. The third-order valence-corrected chi connectivity index (χ3v) is 3.44. The minimum atomic E-state index is 0.646. The number of nitriles is 1. The highest BCUT2D eigenvalue weighted by atomic mass is 79.9. The average Bonchev–Trinajstić information content (AvgIpc) is 2.47. The highest BCUT2D eigenvalue weighted by Crippen LogP contribution is 2.29. The fourth-order valence-electron chi connectivity index (χ4n) is 1.95. The standard InChI is InChI=1S/C16H14BrNO/c1-2-19-15-5-3-4-13(9-15)16-8-12(11-18)6-7-14(16)10-17/h3-9H,2,10H2,1H3. The van der Waals surface area contributed by atoms with Gasteiger partial charge in [-0.2, -0.15) is 5.26 Å². The van der Waals surface area contributed by atoms with Crippen LogP contribution in [0.25, 0.3) is 11.1 Å². The summed E-state index contributed by atoms with van der Waals surface area (Å²) in [5.41, 5.74) is 3.96. The monoisotopic (exact) mass is 315 g/mol. The molecule has 0 unspecified atom stereocenters. The molecule has 2 rings (SSSR count). The van der Waals surface area contributed by atoms with Crippen molar-refractivity contribution in [1.82, 2.24) is 0 Å². The molecule has 0 heterocycles. The van der Waals surface area contributed by atoms with Gasteiger partial charge in [0.15, 0.2) is 0 Å². The molecule has 0 saturated heterocycles. The molecule has 0 N–H and O–H groups in total. The maximum Gasteiger partial charge on any atom is 0.119 e. The molecule has 0 aliphatic heterocycles. The predicted octanol–water partition coefficient (Wildman–Crippen LogP) is 4.52. The molecular formula is C16H14BrNO. The van der Waals surface area contributed by atoms with E-state index in [9.17, 15) is 0 Å². The third kappa shape index (κ3) is 3.15. The first kappa shape index (κ1) is 13.6. The van der Waals surface area contributed by atoms with Crippen LogP contribution in [-0.4, -0.2) is 6.61 Å². The lowest BCUT2D eigenvalue weighted by Gasteiger charge is -2.10. The Balaban J connectivity index is 2.50. The van der Waals surface area contributed by atoms with Crippen LogP contribution in [0, 0.1) is 11.3 Å². The lowest BCUT2D eigenvalue weighted by atomic mass is 9.98. The zero-order valence-corrected chi connectivity index (χ0v) is 12.3. The normalized spacial score (nSPS) is 9.95. The summed E-state index contributed by atoms with van der Waals surface area (Å²) in [6.07, 6.45) is 0. The van der Waals surface area contributed by atoms with Crippen molar-refractivity contribution >= 4 is 15.9 Å². The van der Waals surface area contributed by atoms with Crippen molar-refractivity contribution in [2.24, 2.45) is 0 Å². The summed E-state index contributed by atoms with van der Waals surface area (Å²) in [5.74, 6) is 0.850. The first-order valence-corrected chi connectivity index (χ1v) is 7.23. The van der Waals surface area contributed by atoms with Gasteiger partial charge in [0.2, 0.25) is 0 Å². The molecule has 0 spiro atoms. The summed E-state index contributed by atoms with van der Waals surface area (Å²) in [7, 11) is 0. The zero-order valence-electron chi connectivity index (χ0n) is 10.7. The van der Waals surface area contributed by atoms with Crippen LogP contribution < -0.4 is 4.74 Å². The smallest absolute Gasteiger partial charge is 0.119 e. The van der Waals surface area contributed by atoms with Crippen molar-refractivity contribution < 1.29 is 4.74 Å². The number of alkyl halides is 1. The predicted molar refractivity (Wildman–Crippen MR) is 80.4 cm³/mol. The molecule has 2 nitrogen and oxygen atoms in total. The molecular weight excluding hydrogens is 302 g/mol. The Kier molecular flexibility index (Phi) is 4.59. The van der Waals surface area contributed by atoms with Gasteiger partial charge >= 0.3 is 0 Å². The van der Waals surface area contributed by atoms with Crippen molar-refractivity contribution in [1.29, 1.82) is 5.26 Å². The Bertz CT molecular complexity index is 616. The lowest BCUT2D eigenvalue weighted by molar-refractivity contribution is 0.340. The van der Waals surface area contributed by atoms with Crippen molar-refractivity contribution in [2.75, 3.05) is 6.61 Å². The van der Waals surface area contributed by atoms with Gasteiger partial charge in [0.25, 0.3) is 0 Å². The van der Waals surface area contributed by atoms with E-state index in [4.69, 9.17) is 10.00 Å². The van der Waals surface area contributed by atoms with E-state index >= 15 is 0 Å². The SMILES string of the molecule is CCOc1cccc(-c2cc(C#N)ccc2CBr)c1. The fourth-order valence-corrected chi connectivity index (χ4v) is 2.44. The second kappa shape index (κ2) is 6.40. The average molecular weight is 316 g/mol. The topological polar surface area (TPSA) is 33.0 Å². The van der Waals surface area contributed by atoms with Gasteiger partial charge in [-0.1, -0.05) is 34.1 Å². The van der Waals surface area contributed by atoms with Crippen LogP contribution >= 0.6 is 15.9 Å². The molecule has 2 aromatic carbocycles. The molecule has 2 aromatic rings. The third-order valence-electron chi connectivity index (χ3n) is 2.84. The number of nitrogens with zero attached hydrogens (tertiary/aromatic N) is 1. The molecule has 0 aliphatic rings. The van der Waals surface area contributed by atoms with Gasteiger partial charge in [0.05, 0.1) is 18.2 Å². The van der Waals surface area contributed by atoms with E-state index in [0.29, 0.717) is 12.2 Å². The van der Waals surface area contributed by atoms with E-state index in [1.807, 2.05) is 49.4 Å². The van der Waals surface area contributed by atoms with E-state index in [1.165, 1.54) is 0 Å². The Morgan fingerprint density at radius 1 is 1.21 bits per heavy atom. The molecule has 0 saturated carbocycles.